The van der Waals surface area contributed by atoms with Crippen LogP contribution in [-0.4, -0.2) is 48.6 Å². The quantitative estimate of drug-likeness (QED) is 0.336. The predicted molar refractivity (Wildman–Crippen MR) is 136 cm³/mol. The highest BCUT2D eigenvalue weighted by atomic mass is 35.5. The molecular weight excluding hydrogens is 468 g/mol. The van der Waals surface area contributed by atoms with Crippen molar-refractivity contribution in [1.82, 2.24) is 10.6 Å². The second-order valence-corrected chi connectivity index (χ2v) is 9.81. The van der Waals surface area contributed by atoms with Gasteiger partial charge in [0.1, 0.15) is 12.2 Å². The Morgan fingerprint density at radius 2 is 1.54 bits per heavy atom. The zero-order chi connectivity index (χ0) is 25.4. The Kier molecular flexibility index (Phi) is 9.15. The summed E-state index contributed by atoms with van der Waals surface area (Å²) in [5, 5.41) is 5.34. The highest BCUT2D eigenvalue weighted by Gasteiger charge is 2.29. The van der Waals surface area contributed by atoms with Gasteiger partial charge in [-0.05, 0) is 62.3 Å². The topological polar surface area (TPSA) is 93.7 Å². The van der Waals surface area contributed by atoms with E-state index >= 15 is 0 Å². The molecule has 7 nitrogen and oxygen atoms in total. The van der Waals surface area contributed by atoms with Crippen LogP contribution in [0.3, 0.4) is 0 Å². The molecule has 2 amide bonds. The summed E-state index contributed by atoms with van der Waals surface area (Å²) in [6.07, 6.45) is 0.487. The molecule has 1 aliphatic carbocycles. The van der Waals surface area contributed by atoms with E-state index in [4.69, 9.17) is 21.1 Å². The normalized spacial score (nSPS) is 13.4. The van der Waals surface area contributed by atoms with E-state index in [9.17, 15) is 14.4 Å². The van der Waals surface area contributed by atoms with Gasteiger partial charge in [-0.15, -0.1) is 11.6 Å². The van der Waals surface area contributed by atoms with Crippen molar-refractivity contribution in [3.63, 3.8) is 0 Å². The highest BCUT2D eigenvalue weighted by molar-refractivity contribution is 6.28. The molecule has 8 heteroatoms. The largest absolute Gasteiger partial charge is 0.449 e. The Morgan fingerprint density at radius 1 is 0.943 bits per heavy atom. The first kappa shape index (κ1) is 26.5. The third-order valence-electron chi connectivity index (χ3n) is 5.74. The standard InChI is InChI=1S/C27H33ClN2O5/c1-27(2,3)35-25(32)29-15-9-8-14-23(24(31)16-28)30-26(33)34-17-22-20-12-6-4-10-18(20)19-11-5-7-13-21(19)22/h4-7,10-13,22-23H,8-9,14-17H2,1-3H3,(H,29,32)(H,30,33)/t23-/m0/s1. The monoisotopic (exact) mass is 500 g/mol. The number of amides is 2. The van der Waals surface area contributed by atoms with Crippen LogP contribution in [0.1, 0.15) is 57.1 Å². The molecule has 0 aromatic heterocycles. The Labute approximate surface area is 211 Å². The molecule has 0 aliphatic heterocycles. The number of Topliss-reactive ketones (excluding diaryl/α,β-unsaturated/α-hetero) is 1. The van der Waals surface area contributed by atoms with E-state index in [1.54, 1.807) is 20.8 Å². The van der Waals surface area contributed by atoms with Gasteiger partial charge in [-0.25, -0.2) is 9.59 Å². The summed E-state index contributed by atoms with van der Waals surface area (Å²) < 4.78 is 10.7. The molecule has 2 N–H and O–H groups in total. The number of benzene rings is 2. The van der Waals surface area contributed by atoms with Crippen molar-refractivity contribution in [3.05, 3.63) is 59.7 Å². The first-order valence-corrected chi connectivity index (χ1v) is 12.4. The highest BCUT2D eigenvalue weighted by Crippen LogP contribution is 2.44. The zero-order valence-corrected chi connectivity index (χ0v) is 21.2. The van der Waals surface area contributed by atoms with Crippen molar-refractivity contribution >= 4 is 29.6 Å². The van der Waals surface area contributed by atoms with Crippen molar-refractivity contribution in [2.24, 2.45) is 0 Å². The van der Waals surface area contributed by atoms with E-state index < -0.39 is 23.8 Å². The van der Waals surface area contributed by atoms with Crippen LogP contribution < -0.4 is 10.6 Å². The number of unbranched alkanes of at least 4 members (excludes halogenated alkanes) is 1. The number of alkyl halides is 1. The zero-order valence-electron chi connectivity index (χ0n) is 20.4. The van der Waals surface area contributed by atoms with Gasteiger partial charge in [0.25, 0.3) is 0 Å². The summed E-state index contributed by atoms with van der Waals surface area (Å²) >= 11 is 5.75. The Bertz CT molecular complexity index is 1000. The Morgan fingerprint density at radius 3 is 2.11 bits per heavy atom. The van der Waals surface area contributed by atoms with Crippen molar-refractivity contribution in [1.29, 1.82) is 0 Å². The lowest BCUT2D eigenvalue weighted by Gasteiger charge is -2.20. The molecule has 35 heavy (non-hydrogen) atoms. The fraction of sp³-hybridized carbons (Fsp3) is 0.444. The van der Waals surface area contributed by atoms with Gasteiger partial charge < -0.3 is 20.1 Å². The number of carbonyl (C=O) groups is 3. The summed E-state index contributed by atoms with van der Waals surface area (Å²) in [5.74, 6) is -0.542. The third kappa shape index (κ3) is 7.46. The molecule has 0 heterocycles. The molecule has 2 aromatic rings. The molecule has 2 aromatic carbocycles. The van der Waals surface area contributed by atoms with E-state index in [0.717, 1.165) is 22.3 Å². The number of halogens is 1. The lowest BCUT2D eigenvalue weighted by molar-refractivity contribution is -0.118. The molecule has 0 saturated carbocycles. The Balaban J connectivity index is 1.49. The lowest BCUT2D eigenvalue weighted by Crippen LogP contribution is -2.42. The van der Waals surface area contributed by atoms with Gasteiger partial charge in [-0.1, -0.05) is 48.5 Å². The van der Waals surface area contributed by atoms with E-state index in [2.05, 4.69) is 22.8 Å². The number of carbonyl (C=O) groups excluding carboxylic acids is 3. The number of ketones is 1. The summed E-state index contributed by atoms with van der Waals surface area (Å²) in [7, 11) is 0. The molecule has 0 unspecified atom stereocenters. The first-order chi connectivity index (χ1) is 16.7. The maximum Gasteiger partial charge on any atom is 0.407 e. The molecule has 1 atom stereocenters. The average molecular weight is 501 g/mol. The van der Waals surface area contributed by atoms with Gasteiger partial charge in [0.15, 0.2) is 5.78 Å². The molecule has 0 spiro atoms. The van der Waals surface area contributed by atoms with E-state index in [0.29, 0.717) is 25.8 Å². The van der Waals surface area contributed by atoms with Crippen LogP contribution in [0.15, 0.2) is 48.5 Å². The maximum atomic E-state index is 12.6. The smallest absolute Gasteiger partial charge is 0.407 e. The van der Waals surface area contributed by atoms with Gasteiger partial charge in [0, 0.05) is 12.5 Å². The molecule has 0 bridgehead atoms. The van der Waals surface area contributed by atoms with Crippen LogP contribution in [0.25, 0.3) is 11.1 Å². The van der Waals surface area contributed by atoms with Crippen LogP contribution in [0.2, 0.25) is 0 Å². The minimum atomic E-state index is -0.746. The number of ether oxygens (including phenoxy) is 2. The SMILES string of the molecule is CC(C)(C)OC(=O)NCCCC[C@H](NC(=O)OCC1c2ccccc2-c2ccccc21)C(=O)CCl. The van der Waals surface area contributed by atoms with E-state index in [1.165, 1.54) is 0 Å². The fourth-order valence-corrected chi connectivity index (χ4v) is 4.35. The van der Waals surface area contributed by atoms with E-state index in [-0.39, 0.29) is 24.2 Å². The molecular formula is C27H33ClN2O5. The van der Waals surface area contributed by atoms with Gasteiger partial charge >= 0.3 is 12.2 Å². The van der Waals surface area contributed by atoms with Gasteiger partial charge in [-0.3, -0.25) is 4.79 Å². The predicted octanol–water partition coefficient (Wildman–Crippen LogP) is 5.40. The van der Waals surface area contributed by atoms with Crippen molar-refractivity contribution in [3.8, 4) is 11.1 Å². The molecule has 188 valence electrons. The number of fused-ring (bicyclic) bond motifs is 3. The van der Waals surface area contributed by atoms with Crippen molar-refractivity contribution in [2.75, 3.05) is 19.0 Å². The summed E-state index contributed by atoms with van der Waals surface area (Å²) in [4.78, 5) is 36.5. The minimum Gasteiger partial charge on any atom is -0.449 e. The maximum absolute atomic E-state index is 12.6. The number of hydrogen-bond acceptors (Lipinski definition) is 5. The Hall–Kier alpha value is -3.06. The third-order valence-corrected chi connectivity index (χ3v) is 6.01. The molecule has 0 fully saturated rings. The second kappa shape index (κ2) is 12.1. The number of rotatable bonds is 10. The summed E-state index contributed by atoms with van der Waals surface area (Å²) in [6, 6.07) is 15.4. The van der Waals surface area contributed by atoms with Gasteiger partial charge in [-0.2, -0.15) is 0 Å². The molecule has 1 aliphatic rings. The lowest BCUT2D eigenvalue weighted by atomic mass is 9.98. The van der Waals surface area contributed by atoms with Crippen LogP contribution in [0.5, 0.6) is 0 Å². The number of nitrogens with one attached hydrogen (secondary N) is 2. The van der Waals surface area contributed by atoms with Crippen molar-refractivity contribution < 1.29 is 23.9 Å². The van der Waals surface area contributed by atoms with Gasteiger partial charge in [0.2, 0.25) is 0 Å². The number of alkyl carbamates (subject to hydrolysis) is 2. The molecule has 3 rings (SSSR count). The van der Waals surface area contributed by atoms with Crippen LogP contribution in [0, 0.1) is 0 Å². The van der Waals surface area contributed by atoms with Crippen LogP contribution in [0.4, 0.5) is 9.59 Å². The summed E-state index contributed by atoms with van der Waals surface area (Å²) in [5.41, 5.74) is 3.97. The number of hydrogen-bond donors (Lipinski definition) is 2. The van der Waals surface area contributed by atoms with Crippen molar-refractivity contribution in [2.45, 2.75) is 57.6 Å². The summed E-state index contributed by atoms with van der Waals surface area (Å²) in [6.45, 7) is 5.96. The second-order valence-electron chi connectivity index (χ2n) is 9.55. The van der Waals surface area contributed by atoms with E-state index in [1.807, 2.05) is 36.4 Å². The van der Waals surface area contributed by atoms with Gasteiger partial charge in [0.05, 0.1) is 11.9 Å². The minimum absolute atomic E-state index is 0.0609. The first-order valence-electron chi connectivity index (χ1n) is 11.9. The van der Waals surface area contributed by atoms with Crippen LogP contribution >= 0.6 is 11.6 Å². The fourth-order valence-electron chi connectivity index (χ4n) is 4.17. The molecule has 0 radical (unpaired) electrons. The van der Waals surface area contributed by atoms with Crippen LogP contribution in [-0.2, 0) is 14.3 Å². The average Bonchev–Trinajstić information content (AvgIpc) is 3.14. The molecule has 0 saturated heterocycles.